The number of allylic oxidation sites excluding steroid dienone is 2. The Kier molecular flexibility index (Phi) is 7.37. The van der Waals surface area contributed by atoms with E-state index in [1.165, 1.54) is 92.4 Å². The highest BCUT2D eigenvalue weighted by molar-refractivity contribution is 5.86. The second-order valence-corrected chi connectivity index (χ2v) is 12.5. The van der Waals surface area contributed by atoms with Crippen LogP contribution in [0.3, 0.4) is 0 Å². The largest absolute Gasteiger partial charge is 0.0653 e. The molecular formula is C41H44. The lowest BCUT2D eigenvalue weighted by molar-refractivity contribution is 0.349. The van der Waals surface area contributed by atoms with Gasteiger partial charge >= 0.3 is 0 Å². The minimum absolute atomic E-state index is 0.0966. The van der Waals surface area contributed by atoms with E-state index in [4.69, 9.17) is 0 Å². The van der Waals surface area contributed by atoms with Crippen LogP contribution in [0.2, 0.25) is 0 Å². The predicted molar refractivity (Wildman–Crippen MR) is 178 cm³/mol. The summed E-state index contributed by atoms with van der Waals surface area (Å²) >= 11 is 0. The van der Waals surface area contributed by atoms with Gasteiger partial charge < -0.3 is 0 Å². The van der Waals surface area contributed by atoms with E-state index in [0.717, 1.165) is 12.8 Å². The third-order valence-corrected chi connectivity index (χ3v) is 10.2. The molecule has 0 nitrogen and oxygen atoms in total. The molecule has 0 aliphatic heterocycles. The number of aryl methyl sites for hydroxylation is 2. The summed E-state index contributed by atoms with van der Waals surface area (Å²) in [5.41, 5.74) is 20.3. The minimum atomic E-state index is 0.0966. The highest BCUT2D eigenvalue weighted by Gasteiger charge is 2.40. The first-order valence-electron chi connectivity index (χ1n) is 15.7. The van der Waals surface area contributed by atoms with E-state index in [0.29, 0.717) is 0 Å². The van der Waals surface area contributed by atoms with Gasteiger partial charge in [-0.1, -0.05) is 123 Å². The lowest BCUT2D eigenvalue weighted by atomic mass is 9.66. The molecule has 0 amide bonds. The smallest absolute Gasteiger partial charge is 0.0134 e. The van der Waals surface area contributed by atoms with Crippen LogP contribution in [-0.2, 0) is 12.8 Å². The van der Waals surface area contributed by atoms with Gasteiger partial charge in [-0.2, -0.15) is 0 Å². The molecular weight excluding hydrogens is 492 g/mol. The van der Waals surface area contributed by atoms with Crippen molar-refractivity contribution in [3.05, 3.63) is 128 Å². The van der Waals surface area contributed by atoms with Crippen LogP contribution >= 0.6 is 0 Å². The Balaban J connectivity index is 1.48. The van der Waals surface area contributed by atoms with Gasteiger partial charge in [0.05, 0.1) is 0 Å². The van der Waals surface area contributed by atoms with Gasteiger partial charge in [0, 0.05) is 5.41 Å². The quantitative estimate of drug-likeness (QED) is 0.210. The summed E-state index contributed by atoms with van der Waals surface area (Å²) in [4.78, 5) is 0. The predicted octanol–water partition coefficient (Wildman–Crippen LogP) is 11.4. The molecule has 41 heavy (non-hydrogen) atoms. The number of fused-ring (bicyclic) bond motifs is 2. The molecule has 0 radical (unpaired) electrons. The van der Waals surface area contributed by atoms with E-state index in [-0.39, 0.29) is 5.41 Å². The van der Waals surface area contributed by atoms with E-state index in [9.17, 15) is 0 Å². The van der Waals surface area contributed by atoms with Crippen molar-refractivity contribution in [2.45, 2.75) is 80.1 Å². The van der Waals surface area contributed by atoms with Crippen molar-refractivity contribution >= 4 is 12.2 Å². The molecule has 4 aromatic carbocycles. The van der Waals surface area contributed by atoms with E-state index >= 15 is 0 Å². The summed E-state index contributed by atoms with van der Waals surface area (Å²) in [6, 6.07) is 27.4. The molecule has 0 N–H and O–H groups in total. The molecule has 0 spiro atoms. The standard InChI is InChI=1S/C41H44/c1-7-21-41(22-8-2,33-23-31-15-11-19-37(39(31)25-33)35-17-9-13-27(3)29(35)5)34-24-32-16-12-20-38(40(32)26-34)36-18-10-14-28(4)30(36)6/h9-20,25-26H,7-8,21-24H2,1-6H3. The fraction of sp³-hybridized carbons (Fsp3) is 0.317. The van der Waals surface area contributed by atoms with Crippen molar-refractivity contribution in [2.24, 2.45) is 5.41 Å². The van der Waals surface area contributed by atoms with E-state index < -0.39 is 0 Å². The molecule has 2 aliphatic carbocycles. The molecule has 0 bridgehead atoms. The van der Waals surface area contributed by atoms with Crippen LogP contribution in [0.1, 0.15) is 84.0 Å². The Morgan fingerprint density at radius 1 is 0.512 bits per heavy atom. The second-order valence-electron chi connectivity index (χ2n) is 12.5. The molecule has 0 saturated heterocycles. The molecule has 0 fully saturated rings. The van der Waals surface area contributed by atoms with Crippen molar-refractivity contribution < 1.29 is 0 Å². The monoisotopic (exact) mass is 536 g/mol. The lowest BCUT2D eigenvalue weighted by Gasteiger charge is -2.37. The van der Waals surface area contributed by atoms with Crippen LogP contribution in [0.5, 0.6) is 0 Å². The summed E-state index contributed by atoms with van der Waals surface area (Å²) in [5.74, 6) is 0. The Morgan fingerprint density at radius 2 is 0.902 bits per heavy atom. The maximum Gasteiger partial charge on any atom is 0.0134 e. The third-order valence-electron chi connectivity index (χ3n) is 10.2. The lowest BCUT2D eigenvalue weighted by Crippen LogP contribution is -2.26. The van der Waals surface area contributed by atoms with Crippen LogP contribution in [-0.4, -0.2) is 0 Å². The van der Waals surface area contributed by atoms with Crippen LogP contribution in [0.15, 0.2) is 83.9 Å². The Morgan fingerprint density at radius 3 is 1.32 bits per heavy atom. The number of hydrogen-bond donors (Lipinski definition) is 0. The first-order chi connectivity index (χ1) is 19.9. The third kappa shape index (κ3) is 4.62. The second kappa shape index (κ2) is 11.0. The average Bonchev–Trinajstić information content (AvgIpc) is 3.61. The van der Waals surface area contributed by atoms with Crippen molar-refractivity contribution in [1.29, 1.82) is 0 Å². The van der Waals surface area contributed by atoms with Crippen LogP contribution in [0.25, 0.3) is 34.4 Å². The molecule has 2 aliphatic rings. The van der Waals surface area contributed by atoms with Gasteiger partial charge in [0.15, 0.2) is 0 Å². The first-order valence-corrected chi connectivity index (χ1v) is 15.7. The van der Waals surface area contributed by atoms with E-state index in [1.807, 2.05) is 0 Å². The fourth-order valence-corrected chi connectivity index (χ4v) is 7.73. The molecule has 0 atom stereocenters. The Bertz CT molecular complexity index is 1560. The molecule has 0 aromatic heterocycles. The molecule has 0 heteroatoms. The van der Waals surface area contributed by atoms with Gasteiger partial charge in [0.25, 0.3) is 0 Å². The zero-order valence-corrected chi connectivity index (χ0v) is 25.8. The Labute approximate surface area is 247 Å². The summed E-state index contributed by atoms with van der Waals surface area (Å²) < 4.78 is 0. The van der Waals surface area contributed by atoms with Crippen LogP contribution in [0.4, 0.5) is 0 Å². The van der Waals surface area contributed by atoms with Gasteiger partial charge in [-0.15, -0.1) is 0 Å². The normalized spacial score (nSPS) is 14.1. The van der Waals surface area contributed by atoms with Gasteiger partial charge in [0.2, 0.25) is 0 Å². The van der Waals surface area contributed by atoms with E-state index in [2.05, 4.69) is 126 Å². The average molecular weight is 537 g/mol. The number of hydrogen-bond acceptors (Lipinski definition) is 0. The van der Waals surface area contributed by atoms with Gasteiger partial charge in [-0.25, -0.2) is 0 Å². The molecule has 208 valence electrons. The summed E-state index contributed by atoms with van der Waals surface area (Å²) in [6.45, 7) is 13.8. The summed E-state index contributed by atoms with van der Waals surface area (Å²) in [6.07, 6.45) is 12.1. The van der Waals surface area contributed by atoms with Crippen molar-refractivity contribution in [3.8, 4) is 22.3 Å². The van der Waals surface area contributed by atoms with Crippen molar-refractivity contribution in [3.63, 3.8) is 0 Å². The number of rotatable bonds is 8. The first kappa shape index (κ1) is 27.5. The summed E-state index contributed by atoms with van der Waals surface area (Å²) in [5, 5.41) is 0. The molecule has 4 aromatic rings. The highest BCUT2D eigenvalue weighted by atomic mass is 14.4. The maximum absolute atomic E-state index is 2.60. The molecule has 6 rings (SSSR count). The van der Waals surface area contributed by atoms with Crippen molar-refractivity contribution in [1.82, 2.24) is 0 Å². The topological polar surface area (TPSA) is 0 Å². The zero-order chi connectivity index (χ0) is 28.7. The highest BCUT2D eigenvalue weighted by Crippen LogP contribution is 2.54. The minimum Gasteiger partial charge on any atom is -0.0653 e. The van der Waals surface area contributed by atoms with Gasteiger partial charge in [0.1, 0.15) is 0 Å². The Hall–Kier alpha value is -3.64. The van der Waals surface area contributed by atoms with Gasteiger partial charge in [-0.3, -0.25) is 0 Å². The molecule has 0 unspecified atom stereocenters. The number of benzene rings is 4. The van der Waals surface area contributed by atoms with Crippen LogP contribution in [0, 0.1) is 33.1 Å². The van der Waals surface area contributed by atoms with Gasteiger partial charge in [-0.05, 0) is 120 Å². The van der Waals surface area contributed by atoms with Crippen molar-refractivity contribution in [2.75, 3.05) is 0 Å². The fourth-order valence-electron chi connectivity index (χ4n) is 7.73. The molecule has 0 saturated carbocycles. The summed E-state index contributed by atoms with van der Waals surface area (Å²) in [7, 11) is 0. The zero-order valence-electron chi connectivity index (χ0n) is 25.8. The maximum atomic E-state index is 2.60. The van der Waals surface area contributed by atoms with E-state index in [1.54, 1.807) is 11.1 Å². The van der Waals surface area contributed by atoms with Crippen LogP contribution < -0.4 is 0 Å². The SMILES string of the molecule is CCCC(CCC)(C1=Cc2c(cccc2-c2cccc(C)c2C)C1)C1=Cc2c(cccc2-c2cccc(C)c2C)C1. The molecule has 0 heterocycles.